The van der Waals surface area contributed by atoms with Crippen LogP contribution in [0.5, 0.6) is 0 Å². The van der Waals surface area contributed by atoms with Gasteiger partial charge in [-0.05, 0) is 67.6 Å². The smallest absolute Gasteiger partial charge is 0.417 e. The minimum Gasteiger partial charge on any atom is -0.478 e. The molecule has 5 rings (SSSR count). The van der Waals surface area contributed by atoms with Crippen molar-refractivity contribution in [1.82, 2.24) is 9.47 Å². The maximum absolute atomic E-state index is 13.9. The Hall–Kier alpha value is -3.31. The van der Waals surface area contributed by atoms with Crippen molar-refractivity contribution in [2.75, 3.05) is 13.1 Å². The number of hydrogen-bond acceptors (Lipinski definition) is 4. The molecule has 1 saturated heterocycles. The van der Waals surface area contributed by atoms with Crippen molar-refractivity contribution in [3.63, 3.8) is 0 Å². The highest BCUT2D eigenvalue weighted by atomic mass is 35.5. The van der Waals surface area contributed by atoms with Crippen molar-refractivity contribution >= 4 is 33.3 Å². The molecular weight excluding hydrogens is 545 g/mol. The standard InChI is InChI=1S/C26H22ClF3N2O5S/c27-20-4-1-3-19(26(28,29)30)23(20)38(36,37)22-14-32(17-8-5-15(6-9-17)25(34)35)21-10-7-16(13-18(21)22)24(33)31-11-2-12-31/h1,3-6,8-9,14,16H,2,7,10-13H2,(H,34,35). The third kappa shape index (κ3) is 4.47. The normalized spacial score (nSPS) is 17.6. The van der Waals surface area contributed by atoms with Gasteiger partial charge in [-0.15, -0.1) is 0 Å². The summed E-state index contributed by atoms with van der Waals surface area (Å²) in [5, 5.41) is 8.66. The van der Waals surface area contributed by atoms with Crippen LogP contribution in [0.1, 0.15) is 40.0 Å². The summed E-state index contributed by atoms with van der Waals surface area (Å²) >= 11 is 6.07. The number of carboxylic acid groups (broad SMARTS) is 1. The molecule has 1 unspecified atom stereocenters. The van der Waals surface area contributed by atoms with E-state index in [4.69, 9.17) is 11.6 Å². The molecule has 1 N–H and O–H groups in total. The zero-order valence-corrected chi connectivity index (χ0v) is 21.4. The summed E-state index contributed by atoms with van der Waals surface area (Å²) in [4.78, 5) is 24.6. The van der Waals surface area contributed by atoms with E-state index < -0.39 is 43.4 Å². The highest BCUT2D eigenvalue weighted by molar-refractivity contribution is 7.91. The zero-order valence-electron chi connectivity index (χ0n) is 19.8. The molecule has 3 aromatic rings. The van der Waals surface area contributed by atoms with E-state index in [-0.39, 0.29) is 28.4 Å². The first-order chi connectivity index (χ1) is 17.9. The molecule has 2 heterocycles. The van der Waals surface area contributed by atoms with Gasteiger partial charge in [-0.2, -0.15) is 13.2 Å². The van der Waals surface area contributed by atoms with Gasteiger partial charge in [0.25, 0.3) is 0 Å². The van der Waals surface area contributed by atoms with Crippen molar-refractivity contribution in [2.45, 2.75) is 41.7 Å². The number of aromatic carboxylic acids is 1. The number of carbonyl (C=O) groups is 2. The second-order valence-electron chi connectivity index (χ2n) is 9.38. The lowest BCUT2D eigenvalue weighted by atomic mass is 9.86. The number of likely N-dealkylation sites (tertiary alicyclic amines) is 1. The average Bonchev–Trinajstić information content (AvgIpc) is 3.22. The third-order valence-electron chi connectivity index (χ3n) is 7.10. The van der Waals surface area contributed by atoms with Gasteiger partial charge in [0.1, 0.15) is 4.90 Å². The Balaban J connectivity index is 1.68. The quantitative estimate of drug-likeness (QED) is 0.468. The fraction of sp³-hybridized carbons (Fsp3) is 0.308. The van der Waals surface area contributed by atoms with E-state index in [9.17, 15) is 36.3 Å². The van der Waals surface area contributed by atoms with Crippen LogP contribution in [0.25, 0.3) is 5.69 Å². The lowest BCUT2D eigenvalue weighted by molar-refractivity contribution is -0.140. The van der Waals surface area contributed by atoms with Gasteiger partial charge in [-0.25, -0.2) is 13.2 Å². The number of hydrogen-bond donors (Lipinski definition) is 1. The molecule has 1 atom stereocenters. The van der Waals surface area contributed by atoms with Gasteiger partial charge >= 0.3 is 12.1 Å². The number of halogens is 4. The number of aromatic nitrogens is 1. The average molecular weight is 567 g/mol. The monoisotopic (exact) mass is 566 g/mol. The van der Waals surface area contributed by atoms with Crippen LogP contribution in [0.3, 0.4) is 0 Å². The van der Waals surface area contributed by atoms with Gasteiger partial charge in [-0.3, -0.25) is 4.79 Å². The molecule has 1 amide bonds. The molecule has 0 spiro atoms. The van der Waals surface area contributed by atoms with Gasteiger partial charge in [0, 0.05) is 36.6 Å². The summed E-state index contributed by atoms with van der Waals surface area (Å²) in [7, 11) is -4.79. The number of nitrogens with zero attached hydrogens (tertiary/aromatic N) is 2. The molecular formula is C26H22ClF3N2O5S. The molecule has 7 nitrogen and oxygen atoms in total. The Kier molecular flexibility index (Phi) is 6.55. The molecule has 38 heavy (non-hydrogen) atoms. The fourth-order valence-corrected chi connectivity index (χ4v) is 7.32. The van der Waals surface area contributed by atoms with Crippen LogP contribution in [0.2, 0.25) is 5.02 Å². The first-order valence-corrected chi connectivity index (χ1v) is 13.7. The van der Waals surface area contributed by atoms with Crippen LogP contribution in [-0.2, 0) is 33.6 Å². The molecule has 0 bridgehead atoms. The minimum absolute atomic E-state index is 0.0220. The van der Waals surface area contributed by atoms with Crippen LogP contribution in [0, 0.1) is 5.92 Å². The van der Waals surface area contributed by atoms with Crippen LogP contribution < -0.4 is 0 Å². The zero-order chi connectivity index (χ0) is 27.4. The van der Waals surface area contributed by atoms with Crippen molar-refractivity contribution in [1.29, 1.82) is 0 Å². The van der Waals surface area contributed by atoms with E-state index >= 15 is 0 Å². The second-order valence-corrected chi connectivity index (χ2v) is 11.6. The topological polar surface area (TPSA) is 96.7 Å². The number of carboxylic acids is 1. The van der Waals surface area contributed by atoms with Gasteiger partial charge in [0.2, 0.25) is 15.7 Å². The Morgan fingerprint density at radius 2 is 1.74 bits per heavy atom. The van der Waals surface area contributed by atoms with Crippen molar-refractivity contribution in [3.05, 3.63) is 76.1 Å². The lowest BCUT2D eigenvalue weighted by Gasteiger charge is -2.35. The van der Waals surface area contributed by atoms with Crippen LogP contribution in [0.4, 0.5) is 13.2 Å². The summed E-state index contributed by atoms with van der Waals surface area (Å²) in [5.41, 5.74) is -0.101. The Morgan fingerprint density at radius 3 is 2.32 bits per heavy atom. The van der Waals surface area contributed by atoms with Gasteiger partial charge in [0.15, 0.2) is 0 Å². The van der Waals surface area contributed by atoms with Crippen molar-refractivity contribution in [2.24, 2.45) is 5.92 Å². The van der Waals surface area contributed by atoms with E-state index in [0.29, 0.717) is 43.4 Å². The number of amides is 1. The molecule has 1 aromatic heterocycles. The molecule has 1 fully saturated rings. The first kappa shape index (κ1) is 26.3. The SMILES string of the molecule is O=C(O)c1ccc(-n2cc(S(=O)(=O)c3c(Cl)cccc3C(F)(F)F)c3c2CCC(C(=O)N2CCC2)C3)cc1. The fourth-order valence-electron chi connectivity index (χ4n) is 5.06. The highest BCUT2D eigenvalue weighted by Crippen LogP contribution is 2.43. The molecule has 1 aliphatic carbocycles. The molecule has 0 saturated carbocycles. The van der Waals surface area contributed by atoms with E-state index in [0.717, 1.165) is 18.6 Å². The number of rotatable bonds is 5. The van der Waals surface area contributed by atoms with E-state index in [1.807, 2.05) is 0 Å². The van der Waals surface area contributed by atoms with E-state index in [1.165, 1.54) is 30.5 Å². The van der Waals surface area contributed by atoms with Crippen LogP contribution >= 0.6 is 11.6 Å². The number of sulfone groups is 1. The first-order valence-electron chi connectivity index (χ1n) is 11.9. The summed E-state index contributed by atoms with van der Waals surface area (Å²) in [5.74, 6) is -1.74. The molecule has 1 aliphatic heterocycles. The molecule has 200 valence electrons. The number of carbonyl (C=O) groups excluding carboxylic acids is 1. The maximum Gasteiger partial charge on any atom is 0.417 e. The Labute approximate surface area is 221 Å². The lowest BCUT2D eigenvalue weighted by Crippen LogP contribution is -2.46. The van der Waals surface area contributed by atoms with Gasteiger partial charge in [0.05, 0.1) is 21.0 Å². The molecule has 2 aliphatic rings. The van der Waals surface area contributed by atoms with E-state index in [2.05, 4.69) is 0 Å². The molecule has 0 radical (unpaired) electrons. The summed E-state index contributed by atoms with van der Waals surface area (Å²) in [6.45, 7) is 1.25. The van der Waals surface area contributed by atoms with Crippen LogP contribution in [0.15, 0.2) is 58.5 Å². The van der Waals surface area contributed by atoms with E-state index in [1.54, 1.807) is 9.47 Å². The summed E-state index contributed by atoms with van der Waals surface area (Å²) in [6, 6.07) is 8.50. The van der Waals surface area contributed by atoms with Gasteiger partial charge < -0.3 is 14.6 Å². The number of alkyl halides is 3. The molecule has 2 aromatic carbocycles. The van der Waals surface area contributed by atoms with Gasteiger partial charge in [-0.1, -0.05) is 17.7 Å². The Bertz CT molecular complexity index is 1540. The van der Waals surface area contributed by atoms with Crippen LogP contribution in [-0.4, -0.2) is 48.0 Å². The largest absolute Gasteiger partial charge is 0.478 e. The third-order valence-corrected chi connectivity index (χ3v) is 9.44. The number of fused-ring (bicyclic) bond motifs is 1. The highest BCUT2D eigenvalue weighted by Gasteiger charge is 2.42. The Morgan fingerprint density at radius 1 is 1.05 bits per heavy atom. The predicted molar refractivity (Wildman–Crippen MR) is 131 cm³/mol. The second kappa shape index (κ2) is 9.46. The van der Waals surface area contributed by atoms with Crippen molar-refractivity contribution < 1.29 is 36.3 Å². The maximum atomic E-state index is 13.9. The predicted octanol–water partition coefficient (Wildman–Crippen LogP) is 5.02. The number of benzene rings is 2. The van der Waals surface area contributed by atoms with Crippen molar-refractivity contribution in [3.8, 4) is 5.69 Å². The summed E-state index contributed by atoms with van der Waals surface area (Å²) in [6.07, 6.45) is -2.04. The summed E-state index contributed by atoms with van der Waals surface area (Å²) < 4.78 is 70.9. The molecule has 12 heteroatoms. The minimum atomic E-state index is -4.97.